The van der Waals surface area contributed by atoms with E-state index in [0.717, 1.165) is 18.4 Å². The van der Waals surface area contributed by atoms with E-state index in [1.165, 1.54) is 23.5 Å². The fourth-order valence-corrected chi connectivity index (χ4v) is 5.39. The second kappa shape index (κ2) is 10.7. The van der Waals surface area contributed by atoms with Crippen LogP contribution in [-0.2, 0) is 21.3 Å². The first-order chi connectivity index (χ1) is 16.5. The molecule has 0 unspecified atom stereocenters. The zero-order valence-electron chi connectivity index (χ0n) is 19.0. The number of nitrogens with one attached hydrogen (secondary N) is 1. The van der Waals surface area contributed by atoms with E-state index < -0.39 is 10.0 Å². The second-order valence-corrected chi connectivity index (χ2v) is 9.90. The lowest BCUT2D eigenvalue weighted by Gasteiger charge is -2.27. The first-order valence-electron chi connectivity index (χ1n) is 11.2. The summed E-state index contributed by atoms with van der Waals surface area (Å²) in [4.78, 5) is 13.2. The fourth-order valence-electron chi connectivity index (χ4n) is 3.91. The van der Waals surface area contributed by atoms with Gasteiger partial charge in [-0.15, -0.1) is 0 Å². The van der Waals surface area contributed by atoms with Crippen molar-refractivity contribution in [3.05, 3.63) is 90.0 Å². The van der Waals surface area contributed by atoms with Crippen molar-refractivity contribution in [2.24, 2.45) is 0 Å². The van der Waals surface area contributed by atoms with Crippen LogP contribution in [0.4, 0.5) is 5.69 Å². The second-order valence-electron chi connectivity index (χ2n) is 8.04. The number of amides is 1. The first kappa shape index (κ1) is 23.8. The number of rotatable bonds is 9. The number of anilines is 1. The van der Waals surface area contributed by atoms with E-state index in [0.29, 0.717) is 24.6 Å². The van der Waals surface area contributed by atoms with Gasteiger partial charge in [0.05, 0.1) is 35.9 Å². The van der Waals surface area contributed by atoms with Gasteiger partial charge in [-0.05, 0) is 54.8 Å². The van der Waals surface area contributed by atoms with Gasteiger partial charge in [0.1, 0.15) is 5.75 Å². The van der Waals surface area contributed by atoms with Gasteiger partial charge in [-0.25, -0.2) is 8.42 Å². The third kappa shape index (κ3) is 5.40. The normalized spacial score (nSPS) is 15.6. The molecule has 1 aliphatic heterocycles. The minimum Gasteiger partial charge on any atom is -0.497 e. The molecule has 1 fully saturated rings. The average Bonchev–Trinajstić information content (AvgIpc) is 3.40. The Morgan fingerprint density at radius 2 is 1.74 bits per heavy atom. The number of carbonyl (C=O) groups excluding carboxylic acids is 1. The quantitative estimate of drug-likeness (QED) is 0.500. The molecule has 0 radical (unpaired) electrons. The van der Waals surface area contributed by atoms with Crippen molar-refractivity contribution >= 4 is 21.6 Å². The Hall–Kier alpha value is -3.36. The summed E-state index contributed by atoms with van der Waals surface area (Å²) in [6, 6.07) is 22.3. The van der Waals surface area contributed by atoms with Crippen LogP contribution in [0.2, 0.25) is 0 Å². The van der Waals surface area contributed by atoms with Crippen molar-refractivity contribution in [1.29, 1.82) is 0 Å². The van der Waals surface area contributed by atoms with E-state index >= 15 is 0 Å². The molecule has 178 valence electrons. The Bertz CT molecular complexity index is 1210. The number of hydrogen-bond donors (Lipinski definition) is 1. The van der Waals surface area contributed by atoms with E-state index in [4.69, 9.17) is 9.47 Å². The molecular weight excluding hydrogens is 452 g/mol. The minimum absolute atomic E-state index is 0.0143. The molecule has 0 spiro atoms. The summed E-state index contributed by atoms with van der Waals surface area (Å²) < 4.78 is 39.7. The number of benzene rings is 3. The van der Waals surface area contributed by atoms with Crippen molar-refractivity contribution in [3.8, 4) is 5.75 Å². The number of methoxy groups -OCH3 is 1. The zero-order chi connectivity index (χ0) is 24.0. The number of sulfonamides is 1. The summed E-state index contributed by atoms with van der Waals surface area (Å²) in [6.07, 6.45) is 1.86. The van der Waals surface area contributed by atoms with Gasteiger partial charge in [0.15, 0.2) is 0 Å². The van der Waals surface area contributed by atoms with Crippen LogP contribution >= 0.6 is 0 Å². The molecule has 1 heterocycles. The Balaban J connectivity index is 1.71. The third-order valence-electron chi connectivity index (χ3n) is 5.75. The van der Waals surface area contributed by atoms with Crippen LogP contribution in [-0.4, -0.2) is 40.7 Å². The maximum Gasteiger partial charge on any atom is 0.264 e. The highest BCUT2D eigenvalue weighted by Crippen LogP contribution is 2.30. The number of para-hydroxylation sites is 1. The van der Waals surface area contributed by atoms with Gasteiger partial charge in [-0.2, -0.15) is 0 Å². The molecule has 7 nitrogen and oxygen atoms in total. The molecule has 34 heavy (non-hydrogen) atoms. The van der Waals surface area contributed by atoms with E-state index in [1.54, 1.807) is 36.4 Å². The average molecular weight is 481 g/mol. The van der Waals surface area contributed by atoms with Gasteiger partial charge in [-0.3, -0.25) is 9.10 Å². The van der Waals surface area contributed by atoms with Crippen LogP contribution in [0.15, 0.2) is 83.8 Å². The summed E-state index contributed by atoms with van der Waals surface area (Å²) in [5.74, 6) is 0.219. The van der Waals surface area contributed by atoms with Gasteiger partial charge in [0, 0.05) is 13.2 Å². The van der Waals surface area contributed by atoms with Crippen molar-refractivity contribution in [2.45, 2.75) is 30.4 Å². The van der Waals surface area contributed by atoms with Crippen molar-refractivity contribution in [1.82, 2.24) is 5.32 Å². The Morgan fingerprint density at radius 1 is 1.03 bits per heavy atom. The number of nitrogens with zero attached hydrogens (tertiary/aromatic N) is 1. The van der Waals surface area contributed by atoms with Crippen LogP contribution in [0.5, 0.6) is 5.75 Å². The van der Waals surface area contributed by atoms with Crippen LogP contribution in [0.3, 0.4) is 0 Å². The van der Waals surface area contributed by atoms with Gasteiger partial charge >= 0.3 is 0 Å². The SMILES string of the molecule is COc1ccc(S(=O)(=O)N(Cc2ccccc2)c2ccccc2C(=O)NC[C@H]2CCCO2)cc1. The molecule has 0 aromatic heterocycles. The summed E-state index contributed by atoms with van der Waals surface area (Å²) in [5.41, 5.74) is 1.40. The maximum atomic E-state index is 13.8. The van der Waals surface area contributed by atoms with E-state index in [9.17, 15) is 13.2 Å². The molecule has 0 aliphatic carbocycles. The predicted octanol–water partition coefficient (Wildman–Crippen LogP) is 4.00. The molecule has 3 aromatic carbocycles. The molecular formula is C26H28N2O5S. The third-order valence-corrected chi connectivity index (χ3v) is 7.52. The summed E-state index contributed by atoms with van der Waals surface area (Å²) >= 11 is 0. The van der Waals surface area contributed by atoms with Gasteiger partial charge in [0.2, 0.25) is 0 Å². The van der Waals surface area contributed by atoms with Gasteiger partial charge in [-0.1, -0.05) is 42.5 Å². The van der Waals surface area contributed by atoms with E-state index in [-0.39, 0.29) is 29.0 Å². The molecule has 0 saturated carbocycles. The molecule has 8 heteroatoms. The highest BCUT2D eigenvalue weighted by molar-refractivity contribution is 7.92. The van der Waals surface area contributed by atoms with Crippen molar-refractivity contribution in [3.63, 3.8) is 0 Å². The Labute approximate surface area is 200 Å². The molecule has 1 aliphatic rings. The number of hydrogen-bond acceptors (Lipinski definition) is 5. The molecule has 1 N–H and O–H groups in total. The fraction of sp³-hybridized carbons (Fsp3) is 0.269. The van der Waals surface area contributed by atoms with Gasteiger partial charge in [0.25, 0.3) is 15.9 Å². The van der Waals surface area contributed by atoms with Gasteiger partial charge < -0.3 is 14.8 Å². The highest BCUT2D eigenvalue weighted by Gasteiger charge is 2.29. The van der Waals surface area contributed by atoms with Crippen molar-refractivity contribution < 1.29 is 22.7 Å². The lowest BCUT2D eigenvalue weighted by molar-refractivity contribution is 0.0858. The first-order valence-corrected chi connectivity index (χ1v) is 12.6. The van der Waals surface area contributed by atoms with Crippen LogP contribution in [0.25, 0.3) is 0 Å². The summed E-state index contributed by atoms with van der Waals surface area (Å²) in [6.45, 7) is 1.16. The molecule has 1 saturated heterocycles. The molecule has 1 atom stereocenters. The monoisotopic (exact) mass is 480 g/mol. The highest BCUT2D eigenvalue weighted by atomic mass is 32.2. The van der Waals surface area contributed by atoms with Crippen LogP contribution < -0.4 is 14.4 Å². The smallest absolute Gasteiger partial charge is 0.264 e. The summed E-state index contributed by atoms with van der Waals surface area (Å²) in [5, 5.41) is 2.90. The van der Waals surface area contributed by atoms with Crippen LogP contribution in [0.1, 0.15) is 28.8 Å². The summed E-state index contributed by atoms with van der Waals surface area (Å²) in [7, 11) is -2.47. The van der Waals surface area contributed by atoms with Crippen LogP contribution in [0, 0.1) is 0 Å². The Morgan fingerprint density at radius 3 is 2.41 bits per heavy atom. The molecule has 4 rings (SSSR count). The molecule has 1 amide bonds. The lowest BCUT2D eigenvalue weighted by Crippen LogP contribution is -2.35. The topological polar surface area (TPSA) is 84.9 Å². The van der Waals surface area contributed by atoms with E-state index in [1.807, 2.05) is 30.3 Å². The maximum absolute atomic E-state index is 13.8. The molecule has 0 bridgehead atoms. The predicted molar refractivity (Wildman–Crippen MR) is 131 cm³/mol. The standard InChI is InChI=1S/C26H28N2O5S/c1-32-21-13-15-23(16-14-21)34(30,31)28(19-20-8-3-2-4-9-20)25-12-6-5-11-24(25)26(29)27-18-22-10-7-17-33-22/h2-6,8-9,11-16,22H,7,10,17-19H2,1H3,(H,27,29)/t22-/m1/s1. The van der Waals surface area contributed by atoms with Crippen molar-refractivity contribution in [2.75, 3.05) is 24.6 Å². The molecule has 3 aromatic rings. The largest absolute Gasteiger partial charge is 0.497 e. The lowest BCUT2D eigenvalue weighted by atomic mass is 10.1. The minimum atomic E-state index is -3.99. The number of carbonyl (C=O) groups is 1. The number of ether oxygens (including phenoxy) is 2. The van der Waals surface area contributed by atoms with E-state index in [2.05, 4.69) is 5.32 Å². The Kier molecular flexibility index (Phi) is 7.49. The zero-order valence-corrected chi connectivity index (χ0v) is 19.8.